The fraction of sp³-hybridized carbons (Fsp3) is 0.833. The van der Waals surface area contributed by atoms with Crippen LogP contribution in [0, 0.1) is 0 Å². The molecule has 4 heteroatoms. The molecular formula is C12H23N3O. The lowest BCUT2D eigenvalue weighted by atomic mass is 10.1. The van der Waals surface area contributed by atoms with E-state index >= 15 is 0 Å². The van der Waals surface area contributed by atoms with Crippen LogP contribution < -0.4 is 11.1 Å². The Morgan fingerprint density at radius 1 is 1.50 bits per heavy atom. The normalized spacial score (nSPS) is 18.7. The summed E-state index contributed by atoms with van der Waals surface area (Å²) in [6.07, 6.45) is 3.95. The Balaban J connectivity index is 2.64. The predicted molar refractivity (Wildman–Crippen MR) is 66.6 cm³/mol. The van der Waals surface area contributed by atoms with E-state index in [1.54, 1.807) is 0 Å². The molecule has 1 atom stereocenters. The second kappa shape index (κ2) is 5.99. The maximum absolute atomic E-state index is 11.9. The third-order valence-corrected chi connectivity index (χ3v) is 2.49. The molecule has 92 valence electrons. The van der Waals surface area contributed by atoms with Crippen LogP contribution in [0.5, 0.6) is 0 Å². The summed E-state index contributed by atoms with van der Waals surface area (Å²) in [4.78, 5) is 16.3. The lowest BCUT2D eigenvalue weighted by Crippen LogP contribution is -2.43. The van der Waals surface area contributed by atoms with Crippen molar-refractivity contribution >= 4 is 11.6 Å². The summed E-state index contributed by atoms with van der Waals surface area (Å²) in [5.74, 6) is -0.0721. The van der Waals surface area contributed by atoms with Crippen molar-refractivity contribution in [2.75, 3.05) is 0 Å². The minimum Gasteiger partial charge on any atom is -0.348 e. The molecule has 1 aliphatic carbocycles. The highest BCUT2D eigenvalue weighted by Crippen LogP contribution is 2.18. The molecule has 1 saturated carbocycles. The van der Waals surface area contributed by atoms with E-state index in [1.165, 1.54) is 0 Å². The molecule has 0 aromatic rings. The first-order valence-corrected chi connectivity index (χ1v) is 6.18. The van der Waals surface area contributed by atoms with Crippen molar-refractivity contribution in [3.63, 3.8) is 0 Å². The van der Waals surface area contributed by atoms with Crippen molar-refractivity contribution < 1.29 is 4.79 Å². The van der Waals surface area contributed by atoms with Crippen molar-refractivity contribution in [3.8, 4) is 0 Å². The molecule has 0 aromatic heterocycles. The largest absolute Gasteiger partial charge is 0.348 e. The smallest absolute Gasteiger partial charge is 0.267 e. The maximum atomic E-state index is 11.9. The number of rotatable bonds is 6. The van der Waals surface area contributed by atoms with Gasteiger partial charge in [-0.3, -0.25) is 9.79 Å². The van der Waals surface area contributed by atoms with Crippen LogP contribution in [0.25, 0.3) is 0 Å². The van der Waals surface area contributed by atoms with Crippen molar-refractivity contribution in [3.05, 3.63) is 0 Å². The van der Waals surface area contributed by atoms with E-state index in [4.69, 9.17) is 5.73 Å². The van der Waals surface area contributed by atoms with Gasteiger partial charge >= 0.3 is 0 Å². The number of hydrogen-bond donors (Lipinski definition) is 2. The predicted octanol–water partition coefficient (Wildman–Crippen LogP) is 1.24. The van der Waals surface area contributed by atoms with Gasteiger partial charge in [0.2, 0.25) is 0 Å². The molecule has 0 saturated heterocycles. The number of amides is 1. The van der Waals surface area contributed by atoms with E-state index in [2.05, 4.69) is 17.2 Å². The molecule has 1 fully saturated rings. The molecule has 1 unspecified atom stereocenters. The van der Waals surface area contributed by atoms with Crippen molar-refractivity contribution in [2.24, 2.45) is 10.7 Å². The molecule has 3 N–H and O–H groups in total. The monoisotopic (exact) mass is 225 g/mol. The zero-order valence-corrected chi connectivity index (χ0v) is 10.5. The van der Waals surface area contributed by atoms with Gasteiger partial charge in [0.1, 0.15) is 5.71 Å². The molecule has 0 bridgehead atoms. The number of carbonyl (C=O) groups is 1. The molecule has 4 nitrogen and oxygen atoms in total. The summed E-state index contributed by atoms with van der Waals surface area (Å²) in [5, 5.41) is 2.95. The van der Waals surface area contributed by atoms with Crippen LogP contribution in [0.2, 0.25) is 0 Å². The van der Waals surface area contributed by atoms with E-state index in [-0.39, 0.29) is 18.0 Å². The zero-order valence-electron chi connectivity index (χ0n) is 10.5. The van der Waals surface area contributed by atoms with Crippen LogP contribution in [-0.4, -0.2) is 29.7 Å². The number of nitrogens with zero attached hydrogens (tertiary/aromatic N) is 1. The average Bonchev–Trinajstić information content (AvgIpc) is 2.97. The third kappa shape index (κ3) is 4.31. The first-order valence-electron chi connectivity index (χ1n) is 6.18. The van der Waals surface area contributed by atoms with Crippen molar-refractivity contribution in [1.82, 2.24) is 5.32 Å². The quantitative estimate of drug-likeness (QED) is 0.668. The van der Waals surface area contributed by atoms with Crippen molar-refractivity contribution in [1.29, 1.82) is 0 Å². The Kier molecular flexibility index (Phi) is 4.93. The first-order chi connectivity index (χ1) is 7.54. The molecular weight excluding hydrogens is 202 g/mol. The number of hydrogen-bond acceptors (Lipinski definition) is 3. The molecule has 1 aliphatic rings. The van der Waals surface area contributed by atoms with E-state index in [0.29, 0.717) is 11.8 Å². The summed E-state index contributed by atoms with van der Waals surface area (Å²) in [7, 11) is 0. The SMILES string of the molecule is CCCC(N)C(=NC(C)C)C(=O)NC1CC1. The number of nitrogens with one attached hydrogen (secondary N) is 1. The Labute approximate surface area is 97.7 Å². The summed E-state index contributed by atoms with van der Waals surface area (Å²) in [5.41, 5.74) is 6.50. The second-order valence-electron chi connectivity index (χ2n) is 4.75. The fourth-order valence-electron chi connectivity index (χ4n) is 1.54. The van der Waals surface area contributed by atoms with Crippen LogP contribution in [0.1, 0.15) is 46.5 Å². The van der Waals surface area contributed by atoms with Gasteiger partial charge in [-0.1, -0.05) is 13.3 Å². The van der Waals surface area contributed by atoms with Gasteiger partial charge in [-0.15, -0.1) is 0 Å². The van der Waals surface area contributed by atoms with Crippen LogP contribution >= 0.6 is 0 Å². The molecule has 0 aromatic carbocycles. The van der Waals surface area contributed by atoms with Gasteiger partial charge in [-0.2, -0.15) is 0 Å². The summed E-state index contributed by atoms with van der Waals surface area (Å²) < 4.78 is 0. The van der Waals surface area contributed by atoms with Crippen LogP contribution in [0.3, 0.4) is 0 Å². The summed E-state index contributed by atoms with van der Waals surface area (Å²) >= 11 is 0. The minimum absolute atomic E-state index is 0.0721. The Morgan fingerprint density at radius 2 is 2.12 bits per heavy atom. The number of nitrogens with two attached hydrogens (primary N) is 1. The maximum Gasteiger partial charge on any atom is 0.267 e. The first kappa shape index (κ1) is 13.2. The summed E-state index contributed by atoms with van der Waals surface area (Å²) in [6, 6.07) is 0.243. The standard InChI is InChI=1S/C12H23N3O/c1-4-5-10(13)11(14-8(2)3)12(16)15-9-6-7-9/h8-10H,4-7,13H2,1-3H3,(H,15,16). The van der Waals surface area contributed by atoms with E-state index < -0.39 is 0 Å². The number of carbonyl (C=O) groups excluding carboxylic acids is 1. The number of aliphatic imine (C=N–C) groups is 1. The highest BCUT2D eigenvalue weighted by molar-refractivity contribution is 6.41. The molecule has 16 heavy (non-hydrogen) atoms. The van der Waals surface area contributed by atoms with Gasteiger partial charge in [0, 0.05) is 12.1 Å². The van der Waals surface area contributed by atoms with Crippen LogP contribution in [-0.2, 0) is 4.79 Å². The summed E-state index contributed by atoms with van der Waals surface area (Å²) in [6.45, 7) is 5.98. The van der Waals surface area contributed by atoms with Gasteiger partial charge in [0.25, 0.3) is 5.91 Å². The third-order valence-electron chi connectivity index (χ3n) is 2.49. The lowest BCUT2D eigenvalue weighted by Gasteiger charge is -2.15. The highest BCUT2D eigenvalue weighted by Gasteiger charge is 2.27. The van der Waals surface area contributed by atoms with Gasteiger partial charge in [-0.25, -0.2) is 0 Å². The average molecular weight is 225 g/mol. The van der Waals surface area contributed by atoms with Gasteiger partial charge in [-0.05, 0) is 33.1 Å². The molecule has 0 spiro atoms. The Hall–Kier alpha value is -0.900. The van der Waals surface area contributed by atoms with Crippen LogP contribution in [0.4, 0.5) is 0 Å². The van der Waals surface area contributed by atoms with E-state index in [9.17, 15) is 4.79 Å². The Bertz CT molecular complexity index is 269. The molecule has 1 amide bonds. The van der Waals surface area contributed by atoms with E-state index in [1.807, 2.05) is 13.8 Å². The molecule has 0 heterocycles. The molecule has 1 rings (SSSR count). The van der Waals surface area contributed by atoms with Gasteiger partial charge in [0.15, 0.2) is 0 Å². The van der Waals surface area contributed by atoms with E-state index in [0.717, 1.165) is 25.7 Å². The minimum atomic E-state index is -0.230. The highest BCUT2D eigenvalue weighted by atomic mass is 16.2. The van der Waals surface area contributed by atoms with Gasteiger partial charge in [0.05, 0.1) is 6.04 Å². The molecule has 0 aliphatic heterocycles. The topological polar surface area (TPSA) is 67.5 Å². The molecule has 0 radical (unpaired) electrons. The van der Waals surface area contributed by atoms with Crippen LogP contribution in [0.15, 0.2) is 4.99 Å². The Morgan fingerprint density at radius 3 is 2.56 bits per heavy atom. The lowest BCUT2D eigenvalue weighted by molar-refractivity contribution is -0.115. The van der Waals surface area contributed by atoms with Gasteiger partial charge < -0.3 is 11.1 Å². The zero-order chi connectivity index (χ0) is 12.1. The second-order valence-corrected chi connectivity index (χ2v) is 4.75. The van der Waals surface area contributed by atoms with Crippen molar-refractivity contribution in [2.45, 2.75) is 64.6 Å². The fourth-order valence-corrected chi connectivity index (χ4v) is 1.54.